The molecule has 0 unspecified atom stereocenters. The Bertz CT molecular complexity index is 2400. The number of alkyl carbamates (subject to hydrolysis) is 1. The Morgan fingerprint density at radius 2 is 1.90 bits per heavy atom. The highest BCUT2D eigenvalue weighted by Gasteiger charge is 2.68. The van der Waals surface area contributed by atoms with Crippen molar-refractivity contribution in [3.63, 3.8) is 0 Å². The number of rotatable bonds is 9. The van der Waals surface area contributed by atoms with Gasteiger partial charge in [0.05, 0.1) is 11.9 Å². The Balaban J connectivity index is 1.11. The van der Waals surface area contributed by atoms with Crippen LogP contribution >= 0.6 is 0 Å². The van der Waals surface area contributed by atoms with Crippen molar-refractivity contribution in [2.45, 2.75) is 25.4 Å². The molecule has 6 aromatic rings. The van der Waals surface area contributed by atoms with Gasteiger partial charge in [0, 0.05) is 68.6 Å². The molecular weight excluding hydrogens is 676 g/mol. The molecule has 15 heteroatoms. The monoisotopic (exact) mass is 710 g/mol. The van der Waals surface area contributed by atoms with Crippen LogP contribution in [0.25, 0.3) is 33.2 Å². The first kappa shape index (κ1) is 32.8. The summed E-state index contributed by atoms with van der Waals surface area (Å²) in [5.41, 5.74) is 2.94. The van der Waals surface area contributed by atoms with E-state index in [9.17, 15) is 17.6 Å². The molecule has 2 aliphatic rings. The molecule has 1 aliphatic heterocycles. The van der Waals surface area contributed by atoms with Gasteiger partial charge in [-0.3, -0.25) is 4.98 Å². The van der Waals surface area contributed by atoms with Crippen LogP contribution in [-0.4, -0.2) is 76.6 Å². The number of hydrogen-bond acceptors (Lipinski definition) is 10. The second-order valence-electron chi connectivity index (χ2n) is 13.2. The molecule has 4 aromatic heterocycles. The second-order valence-corrected chi connectivity index (χ2v) is 15.3. The number of aryl methyl sites for hydroxylation is 1. The van der Waals surface area contributed by atoms with Crippen molar-refractivity contribution in [1.82, 2.24) is 33.7 Å². The minimum atomic E-state index is -4.02. The van der Waals surface area contributed by atoms with Gasteiger partial charge in [-0.2, -0.15) is 12.7 Å². The lowest BCUT2D eigenvalue weighted by atomic mass is 9.96. The fraction of sp³-hybridized carbons (Fsp3) is 0.306. The number of hydrogen-bond donors (Lipinski definition) is 1. The highest BCUT2D eigenvalue weighted by Crippen LogP contribution is 2.63. The van der Waals surface area contributed by atoms with E-state index < -0.39 is 27.5 Å². The summed E-state index contributed by atoms with van der Waals surface area (Å²) in [5.74, 6) is 1.02. The van der Waals surface area contributed by atoms with Gasteiger partial charge in [-0.05, 0) is 48.4 Å². The third-order valence-corrected chi connectivity index (χ3v) is 11.9. The zero-order valence-electron chi connectivity index (χ0n) is 28.2. The minimum absolute atomic E-state index is 0.0913. The molecule has 1 aliphatic carbocycles. The molecule has 0 radical (unpaired) electrons. The van der Waals surface area contributed by atoms with Crippen LogP contribution in [0.15, 0.2) is 83.8 Å². The molecule has 1 amide bonds. The normalized spacial score (nSPS) is 20.1. The van der Waals surface area contributed by atoms with Crippen LogP contribution in [0.1, 0.15) is 23.4 Å². The molecule has 1 saturated heterocycles. The van der Waals surface area contributed by atoms with Gasteiger partial charge in [-0.15, -0.1) is 0 Å². The molecule has 8 rings (SSSR count). The van der Waals surface area contributed by atoms with Gasteiger partial charge < -0.3 is 19.5 Å². The van der Waals surface area contributed by atoms with Gasteiger partial charge in [-0.25, -0.2) is 23.1 Å². The van der Waals surface area contributed by atoms with E-state index in [1.165, 1.54) is 32.6 Å². The van der Waals surface area contributed by atoms with Gasteiger partial charge in [-0.1, -0.05) is 47.6 Å². The summed E-state index contributed by atoms with van der Waals surface area (Å²) >= 11 is 0. The molecule has 262 valence electrons. The van der Waals surface area contributed by atoms with E-state index in [-0.39, 0.29) is 29.6 Å². The summed E-state index contributed by atoms with van der Waals surface area (Å²) in [7, 11) is -1.13. The number of pyridine rings is 1. The summed E-state index contributed by atoms with van der Waals surface area (Å²) < 4.78 is 55.2. The maximum absolute atomic E-state index is 14.7. The Kier molecular flexibility index (Phi) is 7.98. The first-order valence-electron chi connectivity index (χ1n) is 16.6. The summed E-state index contributed by atoms with van der Waals surface area (Å²) in [4.78, 5) is 28.8. The molecule has 3 atom stereocenters. The zero-order valence-corrected chi connectivity index (χ0v) is 29.0. The Morgan fingerprint density at radius 1 is 1.08 bits per heavy atom. The van der Waals surface area contributed by atoms with Crippen molar-refractivity contribution in [3.8, 4) is 11.1 Å². The highest BCUT2D eigenvalue weighted by atomic mass is 32.2. The van der Waals surface area contributed by atoms with Crippen LogP contribution < -0.4 is 10.2 Å². The maximum atomic E-state index is 14.7. The summed E-state index contributed by atoms with van der Waals surface area (Å²) in [6, 6.07) is 17.8. The number of piperidine rings is 1. The van der Waals surface area contributed by atoms with E-state index in [2.05, 4.69) is 20.4 Å². The van der Waals surface area contributed by atoms with Gasteiger partial charge in [0.1, 0.15) is 35.0 Å². The smallest absolute Gasteiger partial charge is 0.407 e. The van der Waals surface area contributed by atoms with Crippen molar-refractivity contribution in [2.75, 3.05) is 38.6 Å². The lowest BCUT2D eigenvalue weighted by Crippen LogP contribution is -2.36. The molecule has 1 saturated carbocycles. The Hall–Kier alpha value is -5.41. The standard InChI is InChI=1S/C36H35FN8O5S/c1-22-16-30(42-50-22)36(21-40-35(46)49-20-23-8-5-4-6-9-23)27-13-15-44(19-28(27)36)31-17-39-33-26(18-45(34(33)41-31)51(47,48)43(2)3)24-11-12-29(37)32-25(24)10-7-14-38-32/h4-12,14,16-18,27-28H,13,15,19-21H2,1-3H3,(H,40,46)/t27-,28+,36+/m1/s1. The lowest BCUT2D eigenvalue weighted by Gasteiger charge is -2.27. The number of amides is 1. The number of benzene rings is 2. The van der Waals surface area contributed by atoms with E-state index in [0.29, 0.717) is 53.2 Å². The predicted molar refractivity (Wildman–Crippen MR) is 188 cm³/mol. The van der Waals surface area contributed by atoms with Crippen molar-refractivity contribution < 1.29 is 26.9 Å². The summed E-state index contributed by atoms with van der Waals surface area (Å²) in [6.45, 7) is 3.51. The van der Waals surface area contributed by atoms with Gasteiger partial charge in [0.2, 0.25) is 0 Å². The Labute approximate surface area is 293 Å². The van der Waals surface area contributed by atoms with E-state index in [1.54, 1.807) is 24.4 Å². The van der Waals surface area contributed by atoms with Crippen LogP contribution in [0.3, 0.4) is 0 Å². The number of carbonyl (C=O) groups is 1. The van der Waals surface area contributed by atoms with E-state index in [4.69, 9.17) is 19.2 Å². The zero-order chi connectivity index (χ0) is 35.5. The van der Waals surface area contributed by atoms with E-state index >= 15 is 0 Å². The van der Waals surface area contributed by atoms with Crippen molar-refractivity contribution in [3.05, 3.63) is 102 Å². The van der Waals surface area contributed by atoms with Gasteiger partial charge >= 0.3 is 16.3 Å². The SMILES string of the molecule is Cc1cc([C@@]2(CNC(=O)OCc3ccccc3)[C@@H]3CCN(c4cnc5c(-c6ccc(F)c7ncccc67)cn(S(=O)(=O)N(C)C)c5n4)C[C@@H]32)no1. The fourth-order valence-corrected chi connectivity index (χ4v) is 8.46. The molecule has 2 aromatic carbocycles. The third kappa shape index (κ3) is 5.56. The first-order chi connectivity index (χ1) is 24.6. The fourth-order valence-electron chi connectivity index (χ4n) is 7.52. The van der Waals surface area contributed by atoms with Crippen molar-refractivity contribution in [1.29, 1.82) is 0 Å². The van der Waals surface area contributed by atoms with Crippen LogP contribution in [0, 0.1) is 24.6 Å². The first-order valence-corrected chi connectivity index (χ1v) is 18.0. The molecule has 5 heterocycles. The van der Waals surface area contributed by atoms with Crippen LogP contribution in [-0.2, 0) is 27.0 Å². The molecular formula is C36H35FN8O5S. The number of halogens is 1. The van der Waals surface area contributed by atoms with Gasteiger partial charge in [0.15, 0.2) is 5.65 Å². The van der Waals surface area contributed by atoms with Crippen LogP contribution in [0.5, 0.6) is 0 Å². The van der Waals surface area contributed by atoms with Crippen molar-refractivity contribution in [2.24, 2.45) is 11.8 Å². The van der Waals surface area contributed by atoms with E-state index in [0.717, 1.165) is 26.0 Å². The second kappa shape index (κ2) is 12.4. The predicted octanol–water partition coefficient (Wildman–Crippen LogP) is 5.06. The molecule has 0 spiro atoms. The van der Waals surface area contributed by atoms with Crippen LogP contribution in [0.4, 0.5) is 15.0 Å². The third-order valence-electron chi connectivity index (χ3n) is 10.2. The number of nitrogens with zero attached hydrogens (tertiary/aromatic N) is 7. The molecule has 0 bridgehead atoms. The van der Waals surface area contributed by atoms with Crippen LogP contribution in [0.2, 0.25) is 0 Å². The number of anilines is 1. The number of nitrogens with one attached hydrogen (secondary N) is 1. The lowest BCUT2D eigenvalue weighted by molar-refractivity contribution is 0.138. The average Bonchev–Trinajstić information content (AvgIpc) is 3.35. The summed E-state index contributed by atoms with van der Waals surface area (Å²) in [5, 5.41) is 7.88. The maximum Gasteiger partial charge on any atom is 0.407 e. The average molecular weight is 711 g/mol. The molecule has 2 fully saturated rings. The number of carbonyl (C=O) groups excluding carboxylic acids is 1. The van der Waals surface area contributed by atoms with Crippen molar-refractivity contribution >= 4 is 44.2 Å². The minimum Gasteiger partial charge on any atom is -0.445 e. The quantitative estimate of drug-likeness (QED) is 0.216. The number of aromatic nitrogens is 5. The van der Waals surface area contributed by atoms with Gasteiger partial charge in [0.25, 0.3) is 0 Å². The Morgan fingerprint density at radius 3 is 2.67 bits per heavy atom. The summed E-state index contributed by atoms with van der Waals surface area (Å²) in [6.07, 6.45) is 4.90. The molecule has 13 nitrogen and oxygen atoms in total. The number of ether oxygens (including phenoxy) is 1. The molecule has 51 heavy (non-hydrogen) atoms. The van der Waals surface area contributed by atoms with E-state index in [1.807, 2.05) is 43.3 Å². The molecule has 1 N–H and O–H groups in total. The largest absolute Gasteiger partial charge is 0.445 e. The number of fused-ring (bicyclic) bond motifs is 3. The topological polar surface area (TPSA) is 149 Å². The highest BCUT2D eigenvalue weighted by molar-refractivity contribution is 7.87.